The molecule has 1 aliphatic carbocycles. The van der Waals surface area contributed by atoms with Crippen molar-refractivity contribution in [3.8, 4) is 0 Å². The van der Waals surface area contributed by atoms with Gasteiger partial charge in [0.25, 0.3) is 0 Å². The van der Waals surface area contributed by atoms with E-state index in [9.17, 15) is 0 Å². The Morgan fingerprint density at radius 3 is 2.59 bits per heavy atom. The van der Waals surface area contributed by atoms with Gasteiger partial charge in [-0.25, -0.2) is 0 Å². The summed E-state index contributed by atoms with van der Waals surface area (Å²) < 4.78 is 10.7. The van der Waals surface area contributed by atoms with Crippen LogP contribution in [0.15, 0.2) is 4.52 Å². The lowest BCUT2D eigenvalue weighted by molar-refractivity contribution is 0.0555. The van der Waals surface area contributed by atoms with Gasteiger partial charge in [-0.05, 0) is 31.6 Å². The zero-order valence-corrected chi connectivity index (χ0v) is 10.9. The number of nitrogens with two attached hydrogens (primary N) is 1. The van der Waals surface area contributed by atoms with Gasteiger partial charge in [-0.2, -0.15) is 4.98 Å². The number of rotatable bonds is 5. The molecule has 1 heterocycles. The zero-order valence-electron chi connectivity index (χ0n) is 10.9. The molecule has 0 bridgehead atoms. The maximum absolute atomic E-state index is 6.24. The molecule has 1 aromatic heterocycles. The Balaban J connectivity index is 2.20. The molecule has 0 aromatic carbocycles. The van der Waals surface area contributed by atoms with E-state index in [-0.39, 0.29) is 6.10 Å². The number of aromatic nitrogens is 2. The molecule has 96 valence electrons. The van der Waals surface area contributed by atoms with Gasteiger partial charge in [-0.3, -0.25) is 0 Å². The molecule has 1 aromatic rings. The van der Waals surface area contributed by atoms with Crippen LogP contribution in [0, 0.1) is 11.8 Å². The van der Waals surface area contributed by atoms with Gasteiger partial charge in [0.05, 0.1) is 5.54 Å². The molecule has 1 saturated carbocycles. The van der Waals surface area contributed by atoms with Crippen molar-refractivity contribution in [2.24, 2.45) is 17.6 Å². The summed E-state index contributed by atoms with van der Waals surface area (Å²) in [5.74, 6) is 1.89. The average molecular weight is 239 g/mol. The van der Waals surface area contributed by atoms with Crippen LogP contribution in [0.5, 0.6) is 0 Å². The summed E-state index contributed by atoms with van der Waals surface area (Å²) in [6.07, 6.45) is 2.15. The van der Waals surface area contributed by atoms with E-state index in [0.717, 1.165) is 12.8 Å². The first-order valence-corrected chi connectivity index (χ1v) is 6.12. The number of hydrogen-bond donors (Lipinski definition) is 1. The first-order valence-electron chi connectivity index (χ1n) is 6.12. The summed E-state index contributed by atoms with van der Waals surface area (Å²) in [5, 5.41) is 3.99. The summed E-state index contributed by atoms with van der Waals surface area (Å²) in [4.78, 5) is 4.41. The van der Waals surface area contributed by atoms with Crippen LogP contribution in [0.2, 0.25) is 0 Å². The molecule has 0 aliphatic heterocycles. The first kappa shape index (κ1) is 12.5. The van der Waals surface area contributed by atoms with Gasteiger partial charge in [0.1, 0.15) is 6.10 Å². The fraction of sp³-hybridized carbons (Fsp3) is 0.833. The third kappa shape index (κ3) is 2.35. The molecule has 0 saturated heterocycles. The van der Waals surface area contributed by atoms with Crippen LogP contribution >= 0.6 is 0 Å². The number of nitrogens with zero attached hydrogens (tertiary/aromatic N) is 2. The summed E-state index contributed by atoms with van der Waals surface area (Å²) in [6.45, 7) is 6.08. The minimum absolute atomic E-state index is 0.137. The lowest BCUT2D eigenvalue weighted by atomic mass is 9.97. The van der Waals surface area contributed by atoms with E-state index in [4.69, 9.17) is 15.0 Å². The van der Waals surface area contributed by atoms with Gasteiger partial charge < -0.3 is 15.0 Å². The Kier molecular flexibility index (Phi) is 3.23. The Bertz CT molecular complexity index is 383. The number of methoxy groups -OCH3 is 1. The standard InChI is InChI=1S/C12H21N3O2/c1-7(2)9(16-4)10-14-11(17-15-10)12(3,13)8-5-6-8/h7-9H,5-6,13H2,1-4H3. The molecule has 1 aliphatic rings. The van der Waals surface area contributed by atoms with E-state index in [2.05, 4.69) is 24.0 Å². The van der Waals surface area contributed by atoms with Crippen molar-refractivity contribution in [1.82, 2.24) is 10.1 Å². The second-order valence-electron chi connectivity index (χ2n) is 5.42. The fourth-order valence-corrected chi connectivity index (χ4v) is 2.10. The third-order valence-electron chi connectivity index (χ3n) is 3.44. The van der Waals surface area contributed by atoms with Gasteiger partial charge in [-0.1, -0.05) is 19.0 Å². The predicted molar refractivity (Wildman–Crippen MR) is 63.1 cm³/mol. The molecule has 2 N–H and O–H groups in total. The van der Waals surface area contributed by atoms with Crippen LogP contribution in [0.4, 0.5) is 0 Å². The molecule has 5 nitrogen and oxygen atoms in total. The van der Waals surface area contributed by atoms with E-state index in [1.807, 2.05) is 6.92 Å². The molecular formula is C12H21N3O2. The summed E-state index contributed by atoms with van der Waals surface area (Å²) >= 11 is 0. The SMILES string of the molecule is COC(c1noc(C(C)(N)C2CC2)n1)C(C)C. The van der Waals surface area contributed by atoms with Crippen LogP contribution in [0.3, 0.4) is 0 Å². The van der Waals surface area contributed by atoms with Gasteiger partial charge >= 0.3 is 0 Å². The van der Waals surface area contributed by atoms with Crippen molar-refractivity contribution in [1.29, 1.82) is 0 Å². The van der Waals surface area contributed by atoms with E-state index < -0.39 is 5.54 Å². The maximum Gasteiger partial charge on any atom is 0.246 e. The van der Waals surface area contributed by atoms with Gasteiger partial charge in [0.15, 0.2) is 0 Å². The fourth-order valence-electron chi connectivity index (χ4n) is 2.10. The minimum atomic E-state index is -0.499. The Morgan fingerprint density at radius 1 is 1.47 bits per heavy atom. The van der Waals surface area contributed by atoms with Crippen LogP contribution < -0.4 is 5.73 Å². The van der Waals surface area contributed by atoms with Crippen LogP contribution in [-0.4, -0.2) is 17.3 Å². The van der Waals surface area contributed by atoms with Crippen molar-refractivity contribution in [3.63, 3.8) is 0 Å². The van der Waals surface area contributed by atoms with Gasteiger partial charge in [-0.15, -0.1) is 0 Å². The average Bonchev–Trinajstić information content (AvgIpc) is 3.00. The molecular weight excluding hydrogens is 218 g/mol. The quantitative estimate of drug-likeness (QED) is 0.850. The molecule has 2 rings (SSSR count). The van der Waals surface area contributed by atoms with Gasteiger partial charge in [0.2, 0.25) is 11.7 Å². The summed E-state index contributed by atoms with van der Waals surface area (Å²) in [7, 11) is 1.66. The van der Waals surface area contributed by atoms with E-state index >= 15 is 0 Å². The van der Waals surface area contributed by atoms with Crippen molar-refractivity contribution < 1.29 is 9.26 Å². The number of hydrogen-bond acceptors (Lipinski definition) is 5. The summed E-state index contributed by atoms with van der Waals surface area (Å²) in [6, 6.07) is 0. The molecule has 5 heteroatoms. The highest BCUT2D eigenvalue weighted by atomic mass is 16.5. The van der Waals surface area contributed by atoms with E-state index in [1.165, 1.54) is 0 Å². The van der Waals surface area contributed by atoms with E-state index in [1.54, 1.807) is 7.11 Å². The highest BCUT2D eigenvalue weighted by molar-refractivity contribution is 5.08. The molecule has 0 amide bonds. The summed E-state index contributed by atoms with van der Waals surface area (Å²) in [5.41, 5.74) is 5.74. The number of ether oxygens (including phenoxy) is 1. The molecule has 17 heavy (non-hydrogen) atoms. The largest absolute Gasteiger partial charge is 0.373 e. The van der Waals surface area contributed by atoms with E-state index in [0.29, 0.717) is 23.6 Å². The topological polar surface area (TPSA) is 74.2 Å². The zero-order chi connectivity index (χ0) is 12.6. The highest BCUT2D eigenvalue weighted by Crippen LogP contribution is 2.43. The second kappa shape index (κ2) is 4.38. The molecule has 0 radical (unpaired) electrons. The Morgan fingerprint density at radius 2 is 2.12 bits per heavy atom. The highest BCUT2D eigenvalue weighted by Gasteiger charge is 2.44. The Labute approximate surface area is 102 Å². The molecule has 0 spiro atoms. The lowest BCUT2D eigenvalue weighted by Gasteiger charge is -2.18. The molecule has 1 fully saturated rings. The third-order valence-corrected chi connectivity index (χ3v) is 3.44. The monoisotopic (exact) mass is 239 g/mol. The Hall–Kier alpha value is -0.940. The van der Waals surface area contributed by atoms with Crippen molar-refractivity contribution in [2.75, 3.05) is 7.11 Å². The predicted octanol–water partition coefficient (Wildman–Crippen LogP) is 2.00. The lowest BCUT2D eigenvalue weighted by Crippen LogP contribution is -2.35. The smallest absolute Gasteiger partial charge is 0.246 e. The van der Waals surface area contributed by atoms with Crippen molar-refractivity contribution in [3.05, 3.63) is 11.7 Å². The molecule has 2 unspecified atom stereocenters. The van der Waals surface area contributed by atoms with Crippen molar-refractivity contribution >= 4 is 0 Å². The molecule has 2 atom stereocenters. The first-order chi connectivity index (χ1) is 7.96. The van der Waals surface area contributed by atoms with Crippen molar-refractivity contribution in [2.45, 2.75) is 45.3 Å². The second-order valence-corrected chi connectivity index (χ2v) is 5.42. The van der Waals surface area contributed by atoms with Gasteiger partial charge in [0, 0.05) is 7.11 Å². The van der Waals surface area contributed by atoms with Crippen LogP contribution in [0.1, 0.15) is 51.4 Å². The normalized spacial score (nSPS) is 21.5. The van der Waals surface area contributed by atoms with Crippen LogP contribution in [0.25, 0.3) is 0 Å². The van der Waals surface area contributed by atoms with Crippen LogP contribution in [-0.2, 0) is 10.3 Å². The maximum atomic E-state index is 6.24. The minimum Gasteiger partial charge on any atom is -0.373 e.